The number of hydrogen-bond acceptors (Lipinski definition) is 5. The number of esters is 1. The minimum absolute atomic E-state index is 0.121. The lowest BCUT2D eigenvalue weighted by molar-refractivity contribution is -0.150. The number of rotatable bonds is 8. The van der Waals surface area contributed by atoms with Crippen LogP contribution in [0.4, 0.5) is 11.4 Å². The van der Waals surface area contributed by atoms with Gasteiger partial charge >= 0.3 is 5.97 Å². The summed E-state index contributed by atoms with van der Waals surface area (Å²) in [5.74, 6) is -0.973. The number of carbonyl (C=O) groups excluding carboxylic acids is 2. The van der Waals surface area contributed by atoms with Crippen molar-refractivity contribution in [1.29, 1.82) is 0 Å². The molecule has 0 spiro atoms. The van der Waals surface area contributed by atoms with Gasteiger partial charge in [-0.15, -0.1) is 0 Å². The van der Waals surface area contributed by atoms with Crippen LogP contribution in [0.25, 0.3) is 0 Å². The lowest BCUT2D eigenvalue weighted by Gasteiger charge is -2.28. The molecule has 1 saturated heterocycles. The Bertz CT molecular complexity index is 817. The van der Waals surface area contributed by atoms with Gasteiger partial charge in [0.15, 0.2) is 6.61 Å². The molecule has 160 valence electrons. The van der Waals surface area contributed by atoms with Crippen molar-refractivity contribution in [2.45, 2.75) is 26.2 Å². The summed E-state index contributed by atoms with van der Waals surface area (Å²) in [6.07, 6.45) is 0.844. The lowest BCUT2D eigenvalue weighted by atomic mass is 9.86. The van der Waals surface area contributed by atoms with E-state index in [-0.39, 0.29) is 30.3 Å². The zero-order valence-electron chi connectivity index (χ0n) is 17.7. The number of carbonyl (C=O) groups is 2. The van der Waals surface area contributed by atoms with E-state index in [9.17, 15) is 9.59 Å². The largest absolute Gasteiger partial charge is 0.455 e. The molecule has 0 saturated carbocycles. The minimum atomic E-state index is -0.378. The summed E-state index contributed by atoms with van der Waals surface area (Å²) in [6, 6.07) is 17.2. The smallest absolute Gasteiger partial charge is 0.314 e. The maximum Gasteiger partial charge on any atom is 0.314 e. The van der Waals surface area contributed by atoms with Crippen molar-refractivity contribution in [3.8, 4) is 0 Å². The molecule has 1 N–H and O–H groups in total. The molecule has 6 nitrogen and oxygen atoms in total. The number of anilines is 2. The molecule has 3 rings (SSSR count). The molecular weight excluding hydrogens is 380 g/mol. The van der Waals surface area contributed by atoms with Gasteiger partial charge in [-0.3, -0.25) is 9.59 Å². The van der Waals surface area contributed by atoms with Gasteiger partial charge < -0.3 is 19.7 Å². The second kappa shape index (κ2) is 10.8. The molecule has 1 amide bonds. The molecule has 1 aliphatic heterocycles. The molecule has 0 radical (unpaired) electrons. The van der Waals surface area contributed by atoms with Crippen LogP contribution in [0.3, 0.4) is 0 Å². The Morgan fingerprint density at radius 3 is 2.37 bits per heavy atom. The van der Waals surface area contributed by atoms with Gasteiger partial charge in [-0.05, 0) is 35.7 Å². The highest BCUT2D eigenvalue weighted by molar-refractivity contribution is 5.93. The molecule has 1 heterocycles. The molecule has 0 bridgehead atoms. The second-order valence-electron chi connectivity index (χ2n) is 7.58. The second-order valence-corrected chi connectivity index (χ2v) is 7.58. The van der Waals surface area contributed by atoms with Crippen molar-refractivity contribution in [2.24, 2.45) is 5.92 Å². The van der Waals surface area contributed by atoms with Gasteiger partial charge in [-0.2, -0.15) is 0 Å². The van der Waals surface area contributed by atoms with Gasteiger partial charge in [0.05, 0.1) is 19.1 Å². The predicted molar refractivity (Wildman–Crippen MR) is 118 cm³/mol. The first kappa shape index (κ1) is 21.8. The van der Waals surface area contributed by atoms with Crippen LogP contribution in [-0.4, -0.2) is 44.8 Å². The Balaban J connectivity index is 1.53. The average molecular weight is 411 g/mol. The number of nitrogens with zero attached hydrogens (tertiary/aromatic N) is 1. The van der Waals surface area contributed by atoms with Crippen LogP contribution in [0, 0.1) is 5.92 Å². The predicted octanol–water partition coefficient (Wildman–Crippen LogP) is 3.83. The van der Waals surface area contributed by atoms with Crippen LogP contribution in [-0.2, 0) is 19.1 Å². The fraction of sp³-hybridized carbons (Fsp3) is 0.417. The standard InChI is InChI=1S/C24H30N2O4/c1-3-18(2)23(19-7-5-4-6-8-19)24(28)30-17-22(27)25-20-9-11-21(12-10-20)26-13-15-29-16-14-26/h4-12,18,23H,3,13-17H2,1-2H3,(H,25,27)/t18-,23-/m1/s1. The molecule has 6 heteroatoms. The van der Waals surface area contributed by atoms with E-state index >= 15 is 0 Å². The number of ether oxygens (including phenoxy) is 2. The van der Waals surface area contributed by atoms with Gasteiger partial charge in [0.1, 0.15) is 0 Å². The Morgan fingerprint density at radius 1 is 1.07 bits per heavy atom. The fourth-order valence-corrected chi connectivity index (χ4v) is 3.59. The molecule has 0 aliphatic carbocycles. The summed E-state index contributed by atoms with van der Waals surface area (Å²) < 4.78 is 10.7. The summed E-state index contributed by atoms with van der Waals surface area (Å²) in [7, 11) is 0. The zero-order chi connectivity index (χ0) is 21.3. The summed E-state index contributed by atoms with van der Waals surface area (Å²) in [5.41, 5.74) is 2.69. The van der Waals surface area contributed by atoms with E-state index < -0.39 is 0 Å². The lowest BCUT2D eigenvalue weighted by Crippen LogP contribution is -2.36. The van der Waals surface area contributed by atoms with Crippen molar-refractivity contribution < 1.29 is 19.1 Å². The van der Waals surface area contributed by atoms with Crippen molar-refractivity contribution >= 4 is 23.3 Å². The summed E-state index contributed by atoms with van der Waals surface area (Å²) in [6.45, 7) is 6.94. The van der Waals surface area contributed by atoms with Crippen LogP contribution in [0.2, 0.25) is 0 Å². The first-order chi connectivity index (χ1) is 14.6. The summed E-state index contributed by atoms with van der Waals surface area (Å²) in [5, 5.41) is 2.79. The highest BCUT2D eigenvalue weighted by atomic mass is 16.5. The van der Waals surface area contributed by atoms with Crippen molar-refractivity contribution in [2.75, 3.05) is 43.1 Å². The Kier molecular flexibility index (Phi) is 7.85. The van der Waals surface area contributed by atoms with Crippen LogP contribution in [0.15, 0.2) is 54.6 Å². The molecule has 1 aliphatic rings. The van der Waals surface area contributed by atoms with E-state index in [2.05, 4.69) is 10.2 Å². The van der Waals surface area contributed by atoms with E-state index in [0.717, 1.165) is 44.0 Å². The summed E-state index contributed by atoms with van der Waals surface area (Å²) in [4.78, 5) is 27.2. The number of nitrogens with one attached hydrogen (secondary N) is 1. The highest BCUT2D eigenvalue weighted by Gasteiger charge is 2.27. The number of amides is 1. The Morgan fingerprint density at radius 2 is 1.73 bits per heavy atom. The van der Waals surface area contributed by atoms with Gasteiger partial charge in [0, 0.05) is 24.5 Å². The summed E-state index contributed by atoms with van der Waals surface area (Å²) >= 11 is 0. The third-order valence-electron chi connectivity index (χ3n) is 5.50. The Hall–Kier alpha value is -2.86. The molecule has 2 aromatic carbocycles. The molecule has 0 aromatic heterocycles. The molecule has 30 heavy (non-hydrogen) atoms. The topological polar surface area (TPSA) is 67.9 Å². The van der Waals surface area contributed by atoms with Gasteiger partial charge in [0.2, 0.25) is 0 Å². The third kappa shape index (κ3) is 5.83. The van der Waals surface area contributed by atoms with Crippen molar-refractivity contribution in [3.05, 3.63) is 60.2 Å². The highest BCUT2D eigenvalue weighted by Crippen LogP contribution is 2.28. The average Bonchev–Trinajstić information content (AvgIpc) is 2.79. The quantitative estimate of drug-likeness (QED) is 0.670. The van der Waals surface area contributed by atoms with E-state index in [1.165, 1.54) is 0 Å². The fourth-order valence-electron chi connectivity index (χ4n) is 3.59. The van der Waals surface area contributed by atoms with Crippen LogP contribution < -0.4 is 10.2 Å². The van der Waals surface area contributed by atoms with E-state index in [0.29, 0.717) is 5.69 Å². The maximum absolute atomic E-state index is 12.7. The number of hydrogen-bond donors (Lipinski definition) is 1. The van der Waals surface area contributed by atoms with Crippen LogP contribution in [0.5, 0.6) is 0 Å². The molecule has 1 fully saturated rings. The van der Waals surface area contributed by atoms with Crippen molar-refractivity contribution in [1.82, 2.24) is 0 Å². The van der Waals surface area contributed by atoms with Gasteiger partial charge in [-0.25, -0.2) is 0 Å². The SMILES string of the molecule is CC[C@@H](C)[C@@H](C(=O)OCC(=O)Nc1ccc(N2CCOCC2)cc1)c1ccccc1. The van der Waals surface area contributed by atoms with Gasteiger partial charge in [0.25, 0.3) is 5.91 Å². The maximum atomic E-state index is 12.7. The van der Waals surface area contributed by atoms with E-state index in [4.69, 9.17) is 9.47 Å². The molecule has 2 aromatic rings. The van der Waals surface area contributed by atoms with Crippen molar-refractivity contribution in [3.63, 3.8) is 0 Å². The molecule has 2 atom stereocenters. The first-order valence-electron chi connectivity index (χ1n) is 10.5. The van der Waals surface area contributed by atoms with Crippen LogP contribution >= 0.6 is 0 Å². The van der Waals surface area contributed by atoms with E-state index in [1.807, 2.05) is 68.4 Å². The number of benzene rings is 2. The van der Waals surface area contributed by atoms with E-state index in [1.54, 1.807) is 0 Å². The normalized spacial score (nSPS) is 15.9. The number of morpholine rings is 1. The molecule has 0 unspecified atom stereocenters. The van der Waals surface area contributed by atoms with Gasteiger partial charge in [-0.1, -0.05) is 50.6 Å². The minimum Gasteiger partial charge on any atom is -0.455 e. The monoisotopic (exact) mass is 410 g/mol. The third-order valence-corrected chi connectivity index (χ3v) is 5.50. The van der Waals surface area contributed by atoms with Crippen LogP contribution in [0.1, 0.15) is 31.7 Å². The zero-order valence-corrected chi connectivity index (χ0v) is 17.7. The molecular formula is C24H30N2O4. The Labute approximate surface area is 178 Å². The first-order valence-corrected chi connectivity index (χ1v) is 10.5.